The van der Waals surface area contributed by atoms with E-state index in [1.165, 1.54) is 0 Å². The van der Waals surface area contributed by atoms with Crippen molar-refractivity contribution in [2.24, 2.45) is 0 Å². The Kier molecular flexibility index (Phi) is 4.39. The Hall–Kier alpha value is -2.04. The molecule has 0 aromatic heterocycles. The topological polar surface area (TPSA) is 67.4 Å². The van der Waals surface area contributed by atoms with Crippen LogP contribution in [0.1, 0.15) is 24.8 Å². The van der Waals surface area contributed by atoms with Crippen molar-refractivity contribution < 1.29 is 14.3 Å². The first kappa shape index (κ1) is 13.4. The van der Waals surface area contributed by atoms with E-state index >= 15 is 0 Å². The minimum atomic E-state index is 0.0248. The molecule has 2 rings (SSSR count). The quantitative estimate of drug-likeness (QED) is 0.790. The van der Waals surface area contributed by atoms with Gasteiger partial charge in [-0.05, 0) is 36.6 Å². The van der Waals surface area contributed by atoms with Crippen molar-refractivity contribution in [3.63, 3.8) is 0 Å². The lowest BCUT2D eigenvalue weighted by Crippen LogP contribution is -2.19. The number of ether oxygens (including phenoxy) is 1. The summed E-state index contributed by atoms with van der Waals surface area (Å²) in [7, 11) is 1.63. The second-order valence-corrected chi connectivity index (χ2v) is 4.49. The number of fused-ring (bicyclic) bond motifs is 1. The molecule has 2 amide bonds. The number of carbonyl (C=O) groups is 2. The maximum absolute atomic E-state index is 11.2. The largest absolute Gasteiger partial charge is 0.494 e. The molecule has 0 atom stereocenters. The molecule has 0 bridgehead atoms. The summed E-state index contributed by atoms with van der Waals surface area (Å²) in [5.74, 6) is 0.871. The molecule has 0 unspecified atom stereocenters. The van der Waals surface area contributed by atoms with Gasteiger partial charge in [0.05, 0.1) is 6.61 Å². The number of hydrogen-bond acceptors (Lipinski definition) is 3. The van der Waals surface area contributed by atoms with Gasteiger partial charge in [-0.1, -0.05) is 0 Å². The highest BCUT2D eigenvalue weighted by Crippen LogP contribution is 2.26. The van der Waals surface area contributed by atoms with E-state index in [-0.39, 0.29) is 11.8 Å². The van der Waals surface area contributed by atoms with E-state index in [0.717, 1.165) is 23.4 Å². The van der Waals surface area contributed by atoms with Crippen LogP contribution in [-0.2, 0) is 16.0 Å². The number of benzene rings is 1. The molecule has 5 nitrogen and oxygen atoms in total. The Balaban J connectivity index is 1.85. The molecule has 0 fully saturated rings. The molecule has 1 aliphatic heterocycles. The maximum Gasteiger partial charge on any atom is 0.224 e. The predicted molar refractivity (Wildman–Crippen MR) is 72.2 cm³/mol. The lowest BCUT2D eigenvalue weighted by Gasteiger charge is -2.17. The van der Waals surface area contributed by atoms with E-state index in [4.69, 9.17) is 4.74 Å². The van der Waals surface area contributed by atoms with Crippen molar-refractivity contribution >= 4 is 17.5 Å². The maximum atomic E-state index is 11.2. The first-order chi connectivity index (χ1) is 9.19. The van der Waals surface area contributed by atoms with Crippen molar-refractivity contribution in [3.8, 4) is 5.75 Å². The molecular formula is C14H18N2O3. The van der Waals surface area contributed by atoms with Crippen molar-refractivity contribution in [2.75, 3.05) is 19.0 Å². The van der Waals surface area contributed by atoms with Gasteiger partial charge in [-0.15, -0.1) is 0 Å². The van der Waals surface area contributed by atoms with Crippen LogP contribution in [0.2, 0.25) is 0 Å². The van der Waals surface area contributed by atoms with Crippen LogP contribution in [0.3, 0.4) is 0 Å². The van der Waals surface area contributed by atoms with Crippen molar-refractivity contribution in [2.45, 2.75) is 25.7 Å². The van der Waals surface area contributed by atoms with Crippen LogP contribution in [0.25, 0.3) is 0 Å². The van der Waals surface area contributed by atoms with Gasteiger partial charge in [-0.3, -0.25) is 9.59 Å². The average molecular weight is 262 g/mol. The minimum Gasteiger partial charge on any atom is -0.494 e. The summed E-state index contributed by atoms with van der Waals surface area (Å²) in [5.41, 5.74) is 1.97. The molecule has 0 saturated carbocycles. The third-order valence-corrected chi connectivity index (χ3v) is 3.07. The summed E-state index contributed by atoms with van der Waals surface area (Å²) < 4.78 is 5.60. The number of rotatable bonds is 5. The lowest BCUT2D eigenvalue weighted by molar-refractivity contribution is -0.120. The molecule has 0 radical (unpaired) electrons. The monoisotopic (exact) mass is 262 g/mol. The van der Waals surface area contributed by atoms with Gasteiger partial charge in [0.25, 0.3) is 0 Å². The van der Waals surface area contributed by atoms with E-state index in [0.29, 0.717) is 25.9 Å². The van der Waals surface area contributed by atoms with Gasteiger partial charge in [0.1, 0.15) is 5.75 Å². The second kappa shape index (κ2) is 6.22. The zero-order chi connectivity index (χ0) is 13.7. The molecule has 19 heavy (non-hydrogen) atoms. The fraction of sp³-hybridized carbons (Fsp3) is 0.429. The van der Waals surface area contributed by atoms with Crippen LogP contribution in [0.5, 0.6) is 5.75 Å². The first-order valence-electron chi connectivity index (χ1n) is 6.45. The summed E-state index contributed by atoms with van der Waals surface area (Å²) in [4.78, 5) is 22.3. The summed E-state index contributed by atoms with van der Waals surface area (Å²) in [5, 5.41) is 5.40. The first-order valence-corrected chi connectivity index (χ1v) is 6.45. The third-order valence-electron chi connectivity index (χ3n) is 3.07. The SMILES string of the molecule is CNC(=O)CCCOc1ccc2c(c1)CCC(=O)N2. The summed E-state index contributed by atoms with van der Waals surface area (Å²) in [6, 6.07) is 5.65. The Morgan fingerprint density at radius 1 is 1.42 bits per heavy atom. The van der Waals surface area contributed by atoms with Gasteiger partial charge in [0.15, 0.2) is 0 Å². The molecule has 1 heterocycles. The van der Waals surface area contributed by atoms with Crippen molar-refractivity contribution in [1.82, 2.24) is 5.32 Å². The molecule has 1 aromatic carbocycles. The van der Waals surface area contributed by atoms with Crippen LogP contribution in [0.4, 0.5) is 5.69 Å². The molecule has 5 heteroatoms. The zero-order valence-electron chi connectivity index (χ0n) is 11.0. The molecule has 1 aliphatic rings. The normalized spacial score (nSPS) is 13.4. The highest BCUT2D eigenvalue weighted by molar-refractivity contribution is 5.93. The van der Waals surface area contributed by atoms with Gasteiger partial charge in [-0.25, -0.2) is 0 Å². The van der Waals surface area contributed by atoms with Gasteiger partial charge < -0.3 is 15.4 Å². The molecule has 102 valence electrons. The average Bonchev–Trinajstić information content (AvgIpc) is 2.43. The van der Waals surface area contributed by atoms with Gasteiger partial charge in [-0.2, -0.15) is 0 Å². The van der Waals surface area contributed by atoms with Crippen molar-refractivity contribution in [3.05, 3.63) is 23.8 Å². The molecule has 0 spiro atoms. The molecule has 1 aromatic rings. The summed E-state index contributed by atoms with van der Waals surface area (Å²) in [6.45, 7) is 0.512. The van der Waals surface area contributed by atoms with E-state index in [2.05, 4.69) is 10.6 Å². The summed E-state index contributed by atoms with van der Waals surface area (Å²) in [6.07, 6.45) is 2.43. The molecule has 0 saturated heterocycles. The highest BCUT2D eigenvalue weighted by atomic mass is 16.5. The van der Waals surface area contributed by atoms with Crippen molar-refractivity contribution in [1.29, 1.82) is 0 Å². The number of hydrogen-bond donors (Lipinski definition) is 2. The van der Waals surface area contributed by atoms with E-state index in [9.17, 15) is 9.59 Å². The Bertz CT molecular complexity index is 486. The standard InChI is InChI=1S/C14H18N2O3/c1-15-13(17)3-2-8-19-11-5-6-12-10(9-11)4-7-14(18)16-12/h5-6,9H,2-4,7-8H2,1H3,(H,15,17)(H,16,18). The Labute approximate surface area is 112 Å². The van der Waals surface area contributed by atoms with Gasteiger partial charge >= 0.3 is 0 Å². The number of anilines is 1. The smallest absolute Gasteiger partial charge is 0.224 e. The fourth-order valence-electron chi connectivity index (χ4n) is 2.00. The number of carbonyl (C=O) groups excluding carboxylic acids is 2. The fourth-order valence-corrected chi connectivity index (χ4v) is 2.00. The second-order valence-electron chi connectivity index (χ2n) is 4.49. The van der Waals surface area contributed by atoms with E-state index in [1.54, 1.807) is 7.05 Å². The third kappa shape index (κ3) is 3.71. The number of nitrogens with one attached hydrogen (secondary N) is 2. The van der Waals surface area contributed by atoms with Gasteiger partial charge in [0.2, 0.25) is 11.8 Å². The zero-order valence-corrected chi connectivity index (χ0v) is 11.0. The lowest BCUT2D eigenvalue weighted by atomic mass is 10.0. The Morgan fingerprint density at radius 3 is 3.05 bits per heavy atom. The molecule has 2 N–H and O–H groups in total. The van der Waals surface area contributed by atoms with Crippen LogP contribution in [0.15, 0.2) is 18.2 Å². The molecular weight excluding hydrogens is 244 g/mol. The van der Waals surface area contributed by atoms with Crippen LogP contribution in [0, 0.1) is 0 Å². The van der Waals surface area contributed by atoms with Gasteiger partial charge in [0, 0.05) is 25.6 Å². The van der Waals surface area contributed by atoms with Crippen LogP contribution < -0.4 is 15.4 Å². The van der Waals surface area contributed by atoms with Crippen LogP contribution in [-0.4, -0.2) is 25.5 Å². The van der Waals surface area contributed by atoms with E-state index < -0.39 is 0 Å². The Morgan fingerprint density at radius 2 is 2.26 bits per heavy atom. The molecule has 0 aliphatic carbocycles. The van der Waals surface area contributed by atoms with Crippen LogP contribution >= 0.6 is 0 Å². The van der Waals surface area contributed by atoms with E-state index in [1.807, 2.05) is 18.2 Å². The predicted octanol–water partition coefficient (Wildman–Crippen LogP) is 1.48. The number of aryl methyl sites for hydroxylation is 1. The minimum absolute atomic E-state index is 0.0248. The number of amides is 2. The summed E-state index contributed by atoms with van der Waals surface area (Å²) >= 11 is 0. The highest BCUT2D eigenvalue weighted by Gasteiger charge is 2.14.